The van der Waals surface area contributed by atoms with Gasteiger partial charge in [0.2, 0.25) is 0 Å². The summed E-state index contributed by atoms with van der Waals surface area (Å²) >= 11 is 0. The van der Waals surface area contributed by atoms with E-state index >= 15 is 0 Å². The van der Waals surface area contributed by atoms with Gasteiger partial charge in [-0.1, -0.05) is 18.2 Å². The molecule has 0 bridgehead atoms. The maximum absolute atomic E-state index is 12.3. The van der Waals surface area contributed by atoms with E-state index in [1.54, 1.807) is 30.3 Å². The van der Waals surface area contributed by atoms with E-state index in [1.807, 2.05) is 25.1 Å². The van der Waals surface area contributed by atoms with Crippen molar-refractivity contribution >= 4 is 23.2 Å². The highest BCUT2D eigenvalue weighted by atomic mass is 16.5. The second kappa shape index (κ2) is 7.27. The molecule has 3 rings (SSSR count). The van der Waals surface area contributed by atoms with Crippen LogP contribution in [0.1, 0.15) is 28.8 Å². The first-order chi connectivity index (χ1) is 11.6. The summed E-state index contributed by atoms with van der Waals surface area (Å²) in [7, 11) is 0. The van der Waals surface area contributed by atoms with Crippen LogP contribution in [0.2, 0.25) is 0 Å². The third-order valence-corrected chi connectivity index (χ3v) is 4.02. The molecule has 124 valence electrons. The molecule has 0 spiro atoms. The molecular weight excluding hydrogens is 304 g/mol. The van der Waals surface area contributed by atoms with Gasteiger partial charge in [-0.05, 0) is 55.7 Å². The number of aryl methyl sites for hydroxylation is 1. The number of carbonyl (C=O) groups is 2. The third kappa shape index (κ3) is 3.81. The van der Waals surface area contributed by atoms with E-state index in [4.69, 9.17) is 4.74 Å². The number of amides is 2. The van der Waals surface area contributed by atoms with Crippen molar-refractivity contribution in [1.29, 1.82) is 0 Å². The van der Waals surface area contributed by atoms with Crippen molar-refractivity contribution in [2.24, 2.45) is 0 Å². The number of rotatable bonds is 4. The Morgan fingerprint density at radius 2 is 1.67 bits per heavy atom. The first kappa shape index (κ1) is 16.2. The standard InChI is InChI=1S/C19H20N2O3/c1-13-5-2-3-6-16(13)18(22)20-14-8-10-15(11-9-14)21-19(23)17-7-4-12-24-17/h2-3,5-6,8-11,17H,4,7,12H2,1H3,(H,20,22)(H,21,23). The average Bonchev–Trinajstić information content (AvgIpc) is 3.11. The molecule has 1 atom stereocenters. The minimum Gasteiger partial charge on any atom is -0.368 e. The molecule has 1 heterocycles. The van der Waals surface area contributed by atoms with Crippen molar-refractivity contribution in [2.45, 2.75) is 25.9 Å². The molecule has 2 N–H and O–H groups in total. The fraction of sp³-hybridized carbons (Fsp3) is 0.263. The van der Waals surface area contributed by atoms with Crippen molar-refractivity contribution < 1.29 is 14.3 Å². The molecule has 2 amide bonds. The van der Waals surface area contributed by atoms with Crippen LogP contribution in [-0.4, -0.2) is 24.5 Å². The molecule has 1 unspecified atom stereocenters. The minimum absolute atomic E-state index is 0.121. The number of benzene rings is 2. The highest BCUT2D eigenvalue weighted by Gasteiger charge is 2.23. The molecule has 2 aromatic rings. The minimum atomic E-state index is -0.356. The Hall–Kier alpha value is -2.66. The summed E-state index contributed by atoms with van der Waals surface area (Å²) in [5, 5.41) is 5.69. The molecule has 1 saturated heterocycles. The smallest absolute Gasteiger partial charge is 0.255 e. The van der Waals surface area contributed by atoms with E-state index in [2.05, 4.69) is 10.6 Å². The van der Waals surface area contributed by atoms with Gasteiger partial charge in [0.05, 0.1) is 0 Å². The van der Waals surface area contributed by atoms with Crippen LogP contribution in [0.25, 0.3) is 0 Å². The van der Waals surface area contributed by atoms with Crippen LogP contribution >= 0.6 is 0 Å². The van der Waals surface area contributed by atoms with Gasteiger partial charge in [-0.3, -0.25) is 9.59 Å². The highest BCUT2D eigenvalue weighted by molar-refractivity contribution is 6.05. The second-order valence-corrected chi connectivity index (χ2v) is 5.84. The largest absolute Gasteiger partial charge is 0.368 e. The molecule has 24 heavy (non-hydrogen) atoms. The number of nitrogens with one attached hydrogen (secondary N) is 2. The van der Waals surface area contributed by atoms with Gasteiger partial charge in [0.15, 0.2) is 0 Å². The summed E-state index contributed by atoms with van der Waals surface area (Å²) in [4.78, 5) is 24.3. The van der Waals surface area contributed by atoms with E-state index in [0.717, 1.165) is 18.4 Å². The quantitative estimate of drug-likeness (QED) is 0.906. The molecule has 0 radical (unpaired) electrons. The molecular formula is C19H20N2O3. The second-order valence-electron chi connectivity index (χ2n) is 5.84. The summed E-state index contributed by atoms with van der Waals surface area (Å²) in [6.45, 7) is 2.54. The lowest BCUT2D eigenvalue weighted by Crippen LogP contribution is -2.26. The summed E-state index contributed by atoms with van der Waals surface area (Å²) in [5.74, 6) is -0.270. The van der Waals surface area contributed by atoms with E-state index in [1.165, 1.54) is 0 Å². The lowest BCUT2D eigenvalue weighted by atomic mass is 10.1. The van der Waals surface area contributed by atoms with Crippen molar-refractivity contribution in [1.82, 2.24) is 0 Å². The molecule has 1 aliphatic heterocycles. The van der Waals surface area contributed by atoms with Crippen LogP contribution in [0.3, 0.4) is 0 Å². The summed E-state index contributed by atoms with van der Waals surface area (Å²) in [5.41, 5.74) is 2.94. The summed E-state index contributed by atoms with van der Waals surface area (Å²) in [6.07, 6.45) is 1.32. The Bertz CT molecular complexity index is 735. The van der Waals surface area contributed by atoms with Crippen LogP contribution in [-0.2, 0) is 9.53 Å². The fourth-order valence-corrected chi connectivity index (χ4v) is 2.67. The van der Waals surface area contributed by atoms with Gasteiger partial charge in [-0.2, -0.15) is 0 Å². The van der Waals surface area contributed by atoms with E-state index < -0.39 is 0 Å². The van der Waals surface area contributed by atoms with Crippen LogP contribution in [0, 0.1) is 6.92 Å². The molecule has 2 aromatic carbocycles. The Morgan fingerprint density at radius 1 is 1.00 bits per heavy atom. The summed E-state index contributed by atoms with van der Waals surface area (Å²) < 4.78 is 5.35. The normalized spacial score (nSPS) is 16.6. The topological polar surface area (TPSA) is 67.4 Å². The highest BCUT2D eigenvalue weighted by Crippen LogP contribution is 2.18. The Morgan fingerprint density at radius 3 is 2.29 bits per heavy atom. The molecule has 1 aliphatic rings. The van der Waals surface area contributed by atoms with E-state index in [0.29, 0.717) is 23.5 Å². The maximum atomic E-state index is 12.3. The molecule has 0 aromatic heterocycles. The van der Waals surface area contributed by atoms with Crippen molar-refractivity contribution in [2.75, 3.05) is 17.2 Å². The van der Waals surface area contributed by atoms with Gasteiger partial charge < -0.3 is 15.4 Å². The Labute approximate surface area is 141 Å². The first-order valence-corrected chi connectivity index (χ1v) is 8.03. The summed E-state index contributed by atoms with van der Waals surface area (Å²) in [6, 6.07) is 14.5. The predicted molar refractivity (Wildman–Crippen MR) is 93.2 cm³/mol. The van der Waals surface area contributed by atoms with Crippen LogP contribution < -0.4 is 10.6 Å². The van der Waals surface area contributed by atoms with Crippen LogP contribution in [0.5, 0.6) is 0 Å². The molecule has 5 nitrogen and oxygen atoms in total. The number of hydrogen-bond donors (Lipinski definition) is 2. The maximum Gasteiger partial charge on any atom is 0.255 e. The molecule has 0 saturated carbocycles. The Balaban J connectivity index is 1.61. The van der Waals surface area contributed by atoms with Crippen molar-refractivity contribution in [3.63, 3.8) is 0 Å². The lowest BCUT2D eigenvalue weighted by molar-refractivity contribution is -0.124. The zero-order valence-electron chi connectivity index (χ0n) is 13.5. The van der Waals surface area contributed by atoms with Crippen LogP contribution in [0.4, 0.5) is 11.4 Å². The predicted octanol–water partition coefficient (Wildman–Crippen LogP) is 3.36. The third-order valence-electron chi connectivity index (χ3n) is 4.02. The SMILES string of the molecule is Cc1ccccc1C(=O)Nc1ccc(NC(=O)C2CCCO2)cc1. The van der Waals surface area contributed by atoms with Gasteiger partial charge in [-0.15, -0.1) is 0 Å². The van der Waals surface area contributed by atoms with Gasteiger partial charge in [0.25, 0.3) is 11.8 Å². The van der Waals surface area contributed by atoms with Crippen molar-refractivity contribution in [3.05, 3.63) is 59.7 Å². The monoisotopic (exact) mass is 324 g/mol. The molecule has 5 heteroatoms. The molecule has 1 fully saturated rings. The Kier molecular flexibility index (Phi) is 4.91. The van der Waals surface area contributed by atoms with Crippen molar-refractivity contribution in [3.8, 4) is 0 Å². The van der Waals surface area contributed by atoms with Gasteiger partial charge in [0, 0.05) is 23.5 Å². The number of ether oxygens (including phenoxy) is 1. The van der Waals surface area contributed by atoms with Gasteiger partial charge in [-0.25, -0.2) is 0 Å². The zero-order valence-corrected chi connectivity index (χ0v) is 13.5. The fourth-order valence-electron chi connectivity index (χ4n) is 2.67. The van der Waals surface area contributed by atoms with Crippen LogP contribution in [0.15, 0.2) is 48.5 Å². The molecule has 0 aliphatic carbocycles. The number of anilines is 2. The first-order valence-electron chi connectivity index (χ1n) is 8.03. The van der Waals surface area contributed by atoms with E-state index in [-0.39, 0.29) is 17.9 Å². The van der Waals surface area contributed by atoms with Gasteiger partial charge >= 0.3 is 0 Å². The lowest BCUT2D eigenvalue weighted by Gasteiger charge is -2.11. The zero-order chi connectivity index (χ0) is 16.9. The number of carbonyl (C=O) groups excluding carboxylic acids is 2. The average molecular weight is 324 g/mol. The number of hydrogen-bond acceptors (Lipinski definition) is 3. The van der Waals surface area contributed by atoms with E-state index in [9.17, 15) is 9.59 Å². The van der Waals surface area contributed by atoms with Gasteiger partial charge in [0.1, 0.15) is 6.10 Å².